The van der Waals surface area contributed by atoms with E-state index in [-0.39, 0.29) is 36.0 Å². The van der Waals surface area contributed by atoms with Gasteiger partial charge in [-0.05, 0) is 72.3 Å². The maximum absolute atomic E-state index is 13.2. The molecule has 1 aliphatic carbocycles. The zero-order valence-corrected chi connectivity index (χ0v) is 21.2. The normalized spacial score (nSPS) is 17.5. The number of carbonyl (C=O) groups excluding carboxylic acids is 2. The van der Waals surface area contributed by atoms with Crippen molar-refractivity contribution in [1.82, 2.24) is 0 Å². The van der Waals surface area contributed by atoms with Gasteiger partial charge in [-0.15, -0.1) is 11.3 Å². The van der Waals surface area contributed by atoms with E-state index in [2.05, 4.69) is 39.5 Å². The average molecular weight is 450 g/mol. The Bertz CT molecular complexity index is 772. The molecule has 1 N–H and O–H groups in total. The molecule has 0 saturated heterocycles. The summed E-state index contributed by atoms with van der Waals surface area (Å²) in [4.78, 5) is 37.0. The van der Waals surface area contributed by atoms with Crippen LogP contribution in [0.15, 0.2) is 6.07 Å². The number of Topliss-reactive ketones (excluding diaryl/α,β-unsaturated/α-hetero) is 1. The number of ketones is 1. The highest BCUT2D eigenvalue weighted by molar-refractivity contribution is 7.13. The maximum atomic E-state index is 13.2. The summed E-state index contributed by atoms with van der Waals surface area (Å²) in [5.41, 5.74) is 0.790. The Hall–Kier alpha value is -2.13. The van der Waals surface area contributed by atoms with Crippen molar-refractivity contribution in [3.8, 4) is 11.8 Å². The van der Waals surface area contributed by atoms with Crippen LogP contribution in [0.25, 0.3) is 0 Å². The largest absolute Gasteiger partial charge is 0.483 e. The molecular formula is C25H39NO4S. The van der Waals surface area contributed by atoms with E-state index in [0.717, 1.165) is 41.1 Å². The van der Waals surface area contributed by atoms with Gasteiger partial charge in [-0.3, -0.25) is 14.4 Å². The molecule has 0 unspecified atom stereocenters. The van der Waals surface area contributed by atoms with Gasteiger partial charge in [0.05, 0.1) is 17.1 Å². The number of thiophene rings is 1. The molecule has 1 aromatic rings. The number of anilines is 1. The van der Waals surface area contributed by atoms with E-state index in [1.54, 1.807) is 23.2 Å². The fourth-order valence-electron chi connectivity index (χ4n) is 3.28. The van der Waals surface area contributed by atoms with Crippen LogP contribution in [0, 0.1) is 36.0 Å². The van der Waals surface area contributed by atoms with Gasteiger partial charge in [0.15, 0.2) is 0 Å². The van der Waals surface area contributed by atoms with E-state index in [1.807, 2.05) is 26.8 Å². The summed E-state index contributed by atoms with van der Waals surface area (Å²) >= 11 is 1.60. The summed E-state index contributed by atoms with van der Waals surface area (Å²) in [6.45, 7) is 15.9. The summed E-state index contributed by atoms with van der Waals surface area (Å²) in [5, 5.41) is 6.89. The van der Waals surface area contributed by atoms with Gasteiger partial charge in [0.1, 0.15) is 5.78 Å². The number of hydrogen-bond donors (Lipinski definition) is 1. The molecule has 6 heteroatoms. The molecule has 0 aromatic carbocycles. The zero-order valence-electron chi connectivity index (χ0n) is 20.4. The van der Waals surface area contributed by atoms with E-state index < -0.39 is 0 Å². The van der Waals surface area contributed by atoms with Crippen LogP contribution in [-0.2, 0) is 14.4 Å². The van der Waals surface area contributed by atoms with Crippen LogP contribution in [0.1, 0.15) is 83.9 Å². The van der Waals surface area contributed by atoms with Crippen molar-refractivity contribution in [3.05, 3.63) is 15.8 Å². The van der Waals surface area contributed by atoms with Gasteiger partial charge >= 0.3 is 0 Å². The third-order valence-corrected chi connectivity index (χ3v) is 5.71. The Morgan fingerprint density at radius 1 is 1.23 bits per heavy atom. The number of carboxylic acid groups (broad SMARTS) is 1. The van der Waals surface area contributed by atoms with Crippen molar-refractivity contribution in [2.45, 2.75) is 81.1 Å². The minimum Gasteiger partial charge on any atom is -0.483 e. The van der Waals surface area contributed by atoms with Gasteiger partial charge in [-0.2, -0.15) is 0 Å². The number of carbonyl (C=O) groups is 3. The molecule has 31 heavy (non-hydrogen) atoms. The second kappa shape index (κ2) is 14.0. The van der Waals surface area contributed by atoms with Crippen molar-refractivity contribution < 1.29 is 19.5 Å². The van der Waals surface area contributed by atoms with Crippen LogP contribution in [0.2, 0.25) is 0 Å². The van der Waals surface area contributed by atoms with Crippen LogP contribution in [0.5, 0.6) is 0 Å². The maximum Gasteiger partial charge on any atom is 0.290 e. The van der Waals surface area contributed by atoms with Gasteiger partial charge in [0.2, 0.25) is 5.91 Å². The lowest BCUT2D eigenvalue weighted by Crippen LogP contribution is -2.40. The third-order valence-electron chi connectivity index (χ3n) is 4.75. The van der Waals surface area contributed by atoms with Crippen LogP contribution in [-0.4, -0.2) is 29.8 Å². The second-order valence-corrected chi connectivity index (χ2v) is 10.00. The highest BCUT2D eigenvalue weighted by Gasteiger charge is 2.30. The SMILES string of the molecule is CC.CC(=O)CN(C(=O)C1CCC(C)CC1)c1cc(C#CC(C)(C)C)sc1C.O=CO. The number of amides is 1. The molecule has 174 valence electrons. The van der Waals surface area contributed by atoms with Gasteiger partial charge in [0, 0.05) is 16.2 Å². The van der Waals surface area contributed by atoms with Gasteiger partial charge in [0.25, 0.3) is 6.47 Å². The first-order valence-electron chi connectivity index (χ1n) is 11.0. The number of hydrogen-bond acceptors (Lipinski definition) is 4. The number of nitrogens with zero attached hydrogens (tertiary/aromatic N) is 1. The molecule has 0 aliphatic heterocycles. The smallest absolute Gasteiger partial charge is 0.290 e. The van der Waals surface area contributed by atoms with E-state index in [0.29, 0.717) is 5.92 Å². The molecule has 1 amide bonds. The molecule has 0 atom stereocenters. The van der Waals surface area contributed by atoms with Crippen molar-refractivity contribution in [3.63, 3.8) is 0 Å². The highest BCUT2D eigenvalue weighted by Crippen LogP contribution is 2.34. The molecule has 2 rings (SSSR count). The van der Waals surface area contributed by atoms with Crippen molar-refractivity contribution >= 4 is 35.2 Å². The van der Waals surface area contributed by atoms with Crippen LogP contribution < -0.4 is 4.90 Å². The van der Waals surface area contributed by atoms with Gasteiger partial charge in [-0.25, -0.2) is 0 Å². The van der Waals surface area contributed by atoms with Crippen molar-refractivity contribution in [1.29, 1.82) is 0 Å². The molecular weight excluding hydrogens is 410 g/mol. The van der Waals surface area contributed by atoms with Gasteiger partial charge < -0.3 is 10.0 Å². The fourth-order valence-corrected chi connectivity index (χ4v) is 4.16. The van der Waals surface area contributed by atoms with E-state index >= 15 is 0 Å². The molecule has 0 radical (unpaired) electrons. The minimum atomic E-state index is -0.250. The Morgan fingerprint density at radius 3 is 2.19 bits per heavy atom. The first-order chi connectivity index (χ1) is 14.5. The minimum absolute atomic E-state index is 0.00968. The number of rotatable bonds is 4. The van der Waals surface area contributed by atoms with Crippen LogP contribution >= 0.6 is 11.3 Å². The quantitative estimate of drug-likeness (QED) is 0.457. The molecule has 0 bridgehead atoms. The Morgan fingerprint density at radius 2 is 1.74 bits per heavy atom. The first-order valence-corrected chi connectivity index (χ1v) is 11.8. The lowest BCUT2D eigenvalue weighted by molar-refractivity contribution is -0.125. The molecule has 1 heterocycles. The third kappa shape index (κ3) is 10.6. The topological polar surface area (TPSA) is 74.7 Å². The summed E-state index contributed by atoms with van der Waals surface area (Å²) in [6, 6.07) is 1.98. The Labute approximate surface area is 192 Å². The van der Waals surface area contributed by atoms with Gasteiger partial charge in [-0.1, -0.05) is 32.6 Å². The Balaban J connectivity index is 0.00000165. The first kappa shape index (κ1) is 28.9. The van der Waals surface area contributed by atoms with Crippen molar-refractivity contribution in [2.24, 2.45) is 17.3 Å². The molecule has 0 spiro atoms. The molecule has 5 nitrogen and oxygen atoms in total. The number of aryl methyl sites for hydroxylation is 1. The average Bonchev–Trinajstić information content (AvgIpc) is 3.06. The summed E-state index contributed by atoms with van der Waals surface area (Å²) < 4.78 is 0. The van der Waals surface area contributed by atoms with Crippen molar-refractivity contribution in [2.75, 3.05) is 11.4 Å². The zero-order chi connectivity index (χ0) is 24.2. The predicted octanol–water partition coefficient (Wildman–Crippen LogP) is 5.93. The summed E-state index contributed by atoms with van der Waals surface area (Å²) in [7, 11) is 0. The molecule has 1 aliphatic rings. The lowest BCUT2D eigenvalue weighted by atomic mass is 9.82. The molecule has 1 fully saturated rings. The van der Waals surface area contributed by atoms with E-state index in [4.69, 9.17) is 9.90 Å². The summed E-state index contributed by atoms with van der Waals surface area (Å²) in [6.07, 6.45) is 4.03. The highest BCUT2D eigenvalue weighted by atomic mass is 32.1. The fraction of sp³-hybridized carbons (Fsp3) is 0.640. The monoisotopic (exact) mass is 449 g/mol. The van der Waals surface area contributed by atoms with Crippen LogP contribution in [0.4, 0.5) is 5.69 Å². The van der Waals surface area contributed by atoms with Crippen LogP contribution in [0.3, 0.4) is 0 Å². The lowest BCUT2D eigenvalue weighted by Gasteiger charge is -2.30. The molecule has 1 aromatic heterocycles. The van der Waals surface area contributed by atoms with E-state index in [1.165, 1.54) is 0 Å². The molecule has 1 saturated carbocycles. The predicted molar refractivity (Wildman–Crippen MR) is 130 cm³/mol. The standard InChI is InChI=1S/C22H31NO2S.C2H6.CH2O2/c1-15-7-9-18(10-8-15)21(25)23(14-16(2)24)20-13-19(26-17(20)3)11-12-22(4,5)6;1-2;2-1-3/h13,15,18H,7-10,14H2,1-6H3;1-2H3;1H,(H,2,3). The Kier molecular flexibility index (Phi) is 13.1. The van der Waals surface area contributed by atoms with E-state index in [9.17, 15) is 9.59 Å². The second-order valence-electron chi connectivity index (χ2n) is 8.74. The summed E-state index contributed by atoms with van der Waals surface area (Å²) in [5.74, 6) is 7.31.